The molecule has 0 aromatic carbocycles. The minimum Gasteiger partial charge on any atom is -0.481 e. The maximum absolute atomic E-state index is 12.0. The number of rotatable bonds is 20. The van der Waals surface area contributed by atoms with E-state index in [1.807, 2.05) is 21.1 Å². The van der Waals surface area contributed by atoms with E-state index in [0.717, 1.165) is 19.3 Å². The maximum Gasteiger partial charge on any atom is 0.307 e. The summed E-state index contributed by atoms with van der Waals surface area (Å²) in [6, 6.07) is 0. The Balaban J connectivity index is 3.80. The fourth-order valence-electron chi connectivity index (χ4n) is 3.38. The number of hydrogen-bond acceptors (Lipinski definition) is 3. The van der Waals surface area contributed by atoms with Crippen molar-refractivity contribution in [2.45, 2.75) is 96.5 Å². The van der Waals surface area contributed by atoms with Crippen LogP contribution in [0.5, 0.6) is 0 Å². The molecule has 184 valence electrons. The second-order valence-corrected chi connectivity index (χ2v) is 9.52. The average molecular weight is 451 g/mol. The van der Waals surface area contributed by atoms with E-state index < -0.39 is 12.1 Å². The van der Waals surface area contributed by atoms with E-state index in [-0.39, 0.29) is 12.4 Å². The molecular formula is C27H48NO4+. The van der Waals surface area contributed by atoms with Gasteiger partial charge in [-0.3, -0.25) is 9.59 Å². The van der Waals surface area contributed by atoms with Crippen molar-refractivity contribution in [3.63, 3.8) is 0 Å². The number of carbonyl (C=O) groups is 2. The van der Waals surface area contributed by atoms with Gasteiger partial charge in [0.1, 0.15) is 6.54 Å². The van der Waals surface area contributed by atoms with E-state index in [4.69, 9.17) is 9.84 Å². The molecule has 0 rings (SSSR count). The first-order valence-electron chi connectivity index (χ1n) is 12.4. The number of carboxylic acids is 1. The third-order valence-electron chi connectivity index (χ3n) is 4.97. The van der Waals surface area contributed by atoms with Crippen molar-refractivity contribution in [2.24, 2.45) is 0 Å². The Morgan fingerprint density at radius 1 is 0.812 bits per heavy atom. The third-order valence-corrected chi connectivity index (χ3v) is 4.97. The van der Waals surface area contributed by atoms with Crippen LogP contribution in [0.1, 0.15) is 90.4 Å². The number of likely N-dealkylation sites (N-methyl/N-ethyl adjacent to an activating group) is 1. The van der Waals surface area contributed by atoms with Crippen molar-refractivity contribution in [1.29, 1.82) is 0 Å². The van der Waals surface area contributed by atoms with Crippen molar-refractivity contribution in [3.05, 3.63) is 36.5 Å². The molecule has 5 nitrogen and oxygen atoms in total. The molecule has 32 heavy (non-hydrogen) atoms. The lowest BCUT2D eigenvalue weighted by Gasteiger charge is -2.28. The Bertz CT molecular complexity index is 573. The summed E-state index contributed by atoms with van der Waals surface area (Å²) in [4.78, 5) is 23.0. The Kier molecular flexibility index (Phi) is 18.6. The Hall–Kier alpha value is -1.88. The number of ether oxygens (including phenoxy) is 1. The minimum absolute atomic E-state index is 0.151. The van der Waals surface area contributed by atoms with Gasteiger partial charge in [0.25, 0.3) is 0 Å². The van der Waals surface area contributed by atoms with Gasteiger partial charge in [0.05, 0.1) is 27.6 Å². The molecule has 0 radical (unpaired) electrons. The number of quaternary nitrogens is 1. The topological polar surface area (TPSA) is 63.6 Å². The van der Waals surface area contributed by atoms with Crippen LogP contribution in [0.2, 0.25) is 0 Å². The van der Waals surface area contributed by atoms with Crippen LogP contribution >= 0.6 is 0 Å². The molecule has 0 aliphatic carbocycles. The lowest BCUT2D eigenvalue weighted by atomic mass is 10.1. The van der Waals surface area contributed by atoms with E-state index in [1.165, 1.54) is 44.9 Å². The number of nitrogens with zero attached hydrogens (tertiary/aromatic N) is 1. The zero-order valence-corrected chi connectivity index (χ0v) is 21.1. The highest BCUT2D eigenvalue weighted by Crippen LogP contribution is 2.09. The normalized spacial score (nSPS) is 13.4. The second kappa shape index (κ2) is 19.8. The summed E-state index contributed by atoms with van der Waals surface area (Å²) in [7, 11) is 5.86. The Morgan fingerprint density at radius 3 is 1.91 bits per heavy atom. The molecular weight excluding hydrogens is 402 g/mol. The molecule has 0 amide bonds. The highest BCUT2D eigenvalue weighted by molar-refractivity contribution is 5.71. The first-order chi connectivity index (χ1) is 15.2. The number of aliphatic carboxylic acids is 1. The highest BCUT2D eigenvalue weighted by atomic mass is 16.5. The molecule has 1 atom stereocenters. The summed E-state index contributed by atoms with van der Waals surface area (Å²) in [6.07, 6.45) is 25.4. The summed E-state index contributed by atoms with van der Waals surface area (Å²) >= 11 is 0. The van der Waals surface area contributed by atoms with E-state index in [2.05, 4.69) is 43.4 Å². The molecule has 0 bridgehead atoms. The molecule has 0 aliphatic heterocycles. The molecule has 0 aromatic heterocycles. The number of carboxylic acid groups (broad SMARTS) is 1. The van der Waals surface area contributed by atoms with Crippen LogP contribution in [0.25, 0.3) is 0 Å². The number of carbonyl (C=O) groups excluding carboxylic acids is 1. The van der Waals surface area contributed by atoms with Crippen molar-refractivity contribution >= 4 is 11.9 Å². The predicted octanol–water partition coefficient (Wildman–Crippen LogP) is 6.45. The smallest absolute Gasteiger partial charge is 0.307 e. The third kappa shape index (κ3) is 22.8. The lowest BCUT2D eigenvalue weighted by Crippen LogP contribution is -2.43. The fraction of sp³-hybridized carbons (Fsp3) is 0.704. The molecule has 0 aliphatic rings. The van der Waals surface area contributed by atoms with Crippen LogP contribution in [-0.4, -0.2) is 55.3 Å². The molecule has 1 unspecified atom stereocenters. The molecule has 0 aromatic rings. The van der Waals surface area contributed by atoms with Gasteiger partial charge in [0.15, 0.2) is 6.10 Å². The number of unbranched alkanes of at least 4 members (excludes halogenated alkanes) is 7. The van der Waals surface area contributed by atoms with Crippen LogP contribution in [0.4, 0.5) is 0 Å². The highest BCUT2D eigenvalue weighted by Gasteiger charge is 2.24. The van der Waals surface area contributed by atoms with Crippen molar-refractivity contribution < 1.29 is 23.9 Å². The monoisotopic (exact) mass is 450 g/mol. The molecule has 0 fully saturated rings. The molecule has 0 heterocycles. The number of esters is 1. The molecule has 0 spiro atoms. The quantitative estimate of drug-likeness (QED) is 0.100. The lowest BCUT2D eigenvalue weighted by molar-refractivity contribution is -0.873. The summed E-state index contributed by atoms with van der Waals surface area (Å²) in [6.45, 7) is 2.74. The van der Waals surface area contributed by atoms with Gasteiger partial charge in [-0.2, -0.15) is 0 Å². The van der Waals surface area contributed by atoms with Gasteiger partial charge in [-0.15, -0.1) is 0 Å². The van der Waals surface area contributed by atoms with E-state index in [1.54, 1.807) is 0 Å². The van der Waals surface area contributed by atoms with Gasteiger partial charge in [0.2, 0.25) is 0 Å². The van der Waals surface area contributed by atoms with E-state index >= 15 is 0 Å². The first-order valence-corrected chi connectivity index (χ1v) is 12.4. The average Bonchev–Trinajstić information content (AvgIpc) is 2.68. The van der Waals surface area contributed by atoms with Crippen molar-refractivity contribution in [1.82, 2.24) is 0 Å². The second-order valence-electron chi connectivity index (χ2n) is 9.52. The Labute approximate surface area is 196 Å². The summed E-state index contributed by atoms with van der Waals surface area (Å²) in [5.74, 6) is -1.26. The molecule has 5 heteroatoms. The molecule has 0 saturated carbocycles. The zero-order chi connectivity index (χ0) is 24.1. The van der Waals surface area contributed by atoms with Gasteiger partial charge < -0.3 is 14.3 Å². The standard InChI is InChI=1S/C27H47NO4/c1-5-6-7-8-9-10-11-12-13-14-15-16-17-18-19-20-21-22-27(31)32-25(23-26(29)30)24-28(2,3)4/h12-13,15-16,18-19,25H,5-11,14,17,20-24H2,1-4H3/p+1/b13-12-,16-15-,19-18-. The van der Waals surface area contributed by atoms with Gasteiger partial charge in [-0.1, -0.05) is 75.5 Å². The van der Waals surface area contributed by atoms with Gasteiger partial charge in [0, 0.05) is 6.42 Å². The van der Waals surface area contributed by atoms with E-state index in [9.17, 15) is 9.59 Å². The number of allylic oxidation sites excluding steroid dienone is 6. The summed E-state index contributed by atoms with van der Waals surface area (Å²) < 4.78 is 5.94. The molecule has 0 saturated heterocycles. The summed E-state index contributed by atoms with van der Waals surface area (Å²) in [5.41, 5.74) is 0. The maximum atomic E-state index is 12.0. The van der Waals surface area contributed by atoms with E-state index in [0.29, 0.717) is 23.9 Å². The summed E-state index contributed by atoms with van der Waals surface area (Å²) in [5, 5.41) is 9.01. The van der Waals surface area contributed by atoms with Crippen LogP contribution in [0.15, 0.2) is 36.5 Å². The predicted molar refractivity (Wildman–Crippen MR) is 134 cm³/mol. The number of hydrogen-bond donors (Lipinski definition) is 1. The molecule has 1 N–H and O–H groups in total. The zero-order valence-electron chi connectivity index (χ0n) is 21.1. The first kappa shape index (κ1) is 30.1. The van der Waals surface area contributed by atoms with Crippen LogP contribution in [0, 0.1) is 0 Å². The van der Waals surface area contributed by atoms with Crippen LogP contribution in [0.3, 0.4) is 0 Å². The fourth-order valence-corrected chi connectivity index (χ4v) is 3.38. The van der Waals surface area contributed by atoms with Crippen molar-refractivity contribution in [3.8, 4) is 0 Å². The SMILES string of the molecule is CCCCCCCC/C=C\C/C=C\C/C=C\CCCC(=O)OC(CC(=O)O)C[N+](C)(C)C. The van der Waals surface area contributed by atoms with Gasteiger partial charge in [-0.05, 0) is 38.5 Å². The largest absolute Gasteiger partial charge is 0.481 e. The van der Waals surface area contributed by atoms with Gasteiger partial charge >= 0.3 is 11.9 Å². The Morgan fingerprint density at radius 2 is 1.34 bits per heavy atom. The van der Waals surface area contributed by atoms with Crippen LogP contribution < -0.4 is 0 Å². The minimum atomic E-state index is -0.944. The van der Waals surface area contributed by atoms with Crippen LogP contribution in [-0.2, 0) is 14.3 Å². The van der Waals surface area contributed by atoms with Crippen molar-refractivity contribution in [2.75, 3.05) is 27.7 Å². The van der Waals surface area contributed by atoms with Gasteiger partial charge in [-0.25, -0.2) is 0 Å².